The van der Waals surface area contributed by atoms with Gasteiger partial charge in [0, 0.05) is 25.7 Å². The van der Waals surface area contributed by atoms with Gasteiger partial charge in [0.25, 0.3) is 0 Å². The van der Waals surface area contributed by atoms with Gasteiger partial charge in [0.05, 0.1) is 6.61 Å². The number of rotatable bonds is 3. The van der Waals surface area contributed by atoms with Crippen molar-refractivity contribution in [2.75, 3.05) is 18.6 Å². The third-order valence-electron chi connectivity index (χ3n) is 3.20. The number of benzene rings is 1. The lowest BCUT2D eigenvalue weighted by molar-refractivity contribution is -0.118. The number of aryl methyl sites for hydroxylation is 1. The minimum atomic E-state index is -0.410. The van der Waals surface area contributed by atoms with E-state index >= 15 is 0 Å². The molecule has 0 aromatic heterocycles. The minimum Gasteiger partial charge on any atom is -0.450 e. The molecule has 0 radical (unpaired) electrons. The first kappa shape index (κ1) is 13.4. The van der Waals surface area contributed by atoms with E-state index in [-0.39, 0.29) is 5.91 Å². The van der Waals surface area contributed by atoms with Crippen molar-refractivity contribution in [3.8, 4) is 0 Å². The Morgan fingerprint density at radius 1 is 1.42 bits per heavy atom. The van der Waals surface area contributed by atoms with Crippen molar-refractivity contribution < 1.29 is 14.3 Å². The number of carbonyl (C=O) groups is 2. The van der Waals surface area contributed by atoms with E-state index in [1.54, 1.807) is 18.9 Å². The van der Waals surface area contributed by atoms with Gasteiger partial charge in [-0.15, -0.1) is 0 Å². The SMILES string of the molecule is CCOC(=O)NCc1ccc2c(c1)CCC(=O)N2C. The van der Waals surface area contributed by atoms with Gasteiger partial charge in [-0.3, -0.25) is 4.79 Å². The maximum absolute atomic E-state index is 11.6. The van der Waals surface area contributed by atoms with Gasteiger partial charge in [-0.25, -0.2) is 4.79 Å². The van der Waals surface area contributed by atoms with Gasteiger partial charge in [-0.05, 0) is 30.5 Å². The number of anilines is 1. The number of alkyl carbamates (subject to hydrolysis) is 1. The lowest BCUT2D eigenvalue weighted by Crippen LogP contribution is -2.31. The molecule has 0 spiro atoms. The average Bonchev–Trinajstić information content (AvgIpc) is 2.41. The molecular weight excluding hydrogens is 244 g/mol. The van der Waals surface area contributed by atoms with Crippen LogP contribution in [0.15, 0.2) is 18.2 Å². The van der Waals surface area contributed by atoms with E-state index in [1.165, 1.54) is 0 Å². The lowest BCUT2D eigenvalue weighted by Gasteiger charge is -2.26. The molecule has 19 heavy (non-hydrogen) atoms. The molecule has 0 saturated heterocycles. The first-order valence-electron chi connectivity index (χ1n) is 6.40. The fraction of sp³-hybridized carbons (Fsp3) is 0.429. The summed E-state index contributed by atoms with van der Waals surface area (Å²) >= 11 is 0. The summed E-state index contributed by atoms with van der Waals surface area (Å²) in [5, 5.41) is 2.68. The van der Waals surface area contributed by atoms with Crippen molar-refractivity contribution in [3.63, 3.8) is 0 Å². The van der Waals surface area contributed by atoms with Gasteiger partial charge < -0.3 is 15.0 Å². The van der Waals surface area contributed by atoms with E-state index in [0.717, 1.165) is 23.2 Å². The molecule has 0 saturated carbocycles. The van der Waals surface area contributed by atoms with E-state index in [2.05, 4.69) is 5.32 Å². The fourth-order valence-corrected chi connectivity index (χ4v) is 2.18. The van der Waals surface area contributed by atoms with Gasteiger partial charge in [0.15, 0.2) is 0 Å². The predicted octanol–water partition coefficient (Wildman–Crippen LogP) is 1.84. The number of nitrogens with one attached hydrogen (secondary N) is 1. The molecule has 0 unspecified atom stereocenters. The van der Waals surface area contributed by atoms with Crippen molar-refractivity contribution in [3.05, 3.63) is 29.3 Å². The van der Waals surface area contributed by atoms with E-state index in [0.29, 0.717) is 19.6 Å². The van der Waals surface area contributed by atoms with Crippen LogP contribution in [0.3, 0.4) is 0 Å². The molecule has 0 atom stereocenters. The summed E-state index contributed by atoms with van der Waals surface area (Å²) in [7, 11) is 1.79. The highest BCUT2D eigenvalue weighted by atomic mass is 16.5. The van der Waals surface area contributed by atoms with Gasteiger partial charge in [0.1, 0.15) is 0 Å². The van der Waals surface area contributed by atoms with E-state index < -0.39 is 6.09 Å². The monoisotopic (exact) mass is 262 g/mol. The van der Waals surface area contributed by atoms with Crippen molar-refractivity contribution in [1.82, 2.24) is 5.32 Å². The zero-order chi connectivity index (χ0) is 13.8. The van der Waals surface area contributed by atoms with Crippen LogP contribution in [0.5, 0.6) is 0 Å². The zero-order valence-corrected chi connectivity index (χ0v) is 11.2. The van der Waals surface area contributed by atoms with Crippen LogP contribution in [-0.2, 0) is 22.5 Å². The maximum Gasteiger partial charge on any atom is 0.407 e. The molecule has 1 N–H and O–H groups in total. The molecular formula is C14H18N2O3. The van der Waals surface area contributed by atoms with Crippen LogP contribution in [0.1, 0.15) is 24.5 Å². The van der Waals surface area contributed by atoms with Crippen molar-refractivity contribution >= 4 is 17.7 Å². The van der Waals surface area contributed by atoms with Crippen molar-refractivity contribution in [2.45, 2.75) is 26.3 Å². The number of nitrogens with zero attached hydrogens (tertiary/aromatic N) is 1. The number of amides is 2. The third-order valence-corrected chi connectivity index (χ3v) is 3.20. The first-order valence-corrected chi connectivity index (χ1v) is 6.40. The topological polar surface area (TPSA) is 58.6 Å². The fourth-order valence-electron chi connectivity index (χ4n) is 2.18. The van der Waals surface area contributed by atoms with Crippen LogP contribution in [-0.4, -0.2) is 25.7 Å². The number of fused-ring (bicyclic) bond motifs is 1. The number of hydrogen-bond donors (Lipinski definition) is 1. The highest BCUT2D eigenvalue weighted by Crippen LogP contribution is 2.27. The van der Waals surface area contributed by atoms with Crippen LogP contribution in [0, 0.1) is 0 Å². The van der Waals surface area contributed by atoms with E-state index in [1.807, 2.05) is 18.2 Å². The van der Waals surface area contributed by atoms with E-state index in [4.69, 9.17) is 4.74 Å². The summed E-state index contributed by atoms with van der Waals surface area (Å²) in [4.78, 5) is 24.5. The normalized spacial score (nSPS) is 14.0. The van der Waals surface area contributed by atoms with Crippen LogP contribution in [0.4, 0.5) is 10.5 Å². The van der Waals surface area contributed by atoms with E-state index in [9.17, 15) is 9.59 Å². The Bertz CT molecular complexity index is 499. The molecule has 1 aliphatic heterocycles. The molecule has 2 amide bonds. The van der Waals surface area contributed by atoms with Gasteiger partial charge >= 0.3 is 6.09 Å². The van der Waals surface area contributed by atoms with Gasteiger partial charge in [-0.1, -0.05) is 12.1 Å². The van der Waals surface area contributed by atoms with Gasteiger partial charge in [0.2, 0.25) is 5.91 Å². The quantitative estimate of drug-likeness (QED) is 0.904. The Labute approximate surface area is 112 Å². The van der Waals surface area contributed by atoms with Gasteiger partial charge in [-0.2, -0.15) is 0 Å². The highest BCUT2D eigenvalue weighted by Gasteiger charge is 2.20. The molecule has 1 aliphatic rings. The summed E-state index contributed by atoms with van der Waals surface area (Å²) in [6.45, 7) is 2.57. The van der Waals surface area contributed by atoms with Crippen LogP contribution in [0.25, 0.3) is 0 Å². The Kier molecular flexibility index (Phi) is 4.04. The van der Waals surface area contributed by atoms with Crippen LogP contribution < -0.4 is 10.2 Å². The Hall–Kier alpha value is -2.04. The lowest BCUT2D eigenvalue weighted by atomic mass is 9.99. The standard InChI is InChI=1S/C14H18N2O3/c1-3-19-14(18)15-9-10-4-6-12-11(8-10)5-7-13(17)16(12)2/h4,6,8H,3,5,7,9H2,1-2H3,(H,15,18). The van der Waals surface area contributed by atoms with Crippen molar-refractivity contribution in [2.24, 2.45) is 0 Å². The Morgan fingerprint density at radius 2 is 2.21 bits per heavy atom. The third kappa shape index (κ3) is 3.05. The smallest absolute Gasteiger partial charge is 0.407 e. The second-order valence-corrected chi connectivity index (χ2v) is 4.49. The molecule has 1 aromatic rings. The molecule has 1 aromatic carbocycles. The number of hydrogen-bond acceptors (Lipinski definition) is 3. The molecule has 102 valence electrons. The number of ether oxygens (including phenoxy) is 1. The number of carbonyl (C=O) groups excluding carboxylic acids is 2. The summed E-state index contributed by atoms with van der Waals surface area (Å²) in [6.07, 6.45) is 0.886. The summed E-state index contributed by atoms with van der Waals surface area (Å²) in [6, 6.07) is 5.87. The van der Waals surface area contributed by atoms with Crippen LogP contribution in [0.2, 0.25) is 0 Å². The Balaban J connectivity index is 2.05. The molecule has 5 heteroatoms. The summed E-state index contributed by atoms with van der Waals surface area (Å²) in [5.41, 5.74) is 3.11. The molecule has 0 fully saturated rings. The predicted molar refractivity (Wildman–Crippen MR) is 72.0 cm³/mol. The molecule has 2 rings (SSSR count). The maximum atomic E-state index is 11.6. The molecule has 1 heterocycles. The zero-order valence-electron chi connectivity index (χ0n) is 11.2. The molecule has 0 aliphatic carbocycles. The van der Waals surface area contributed by atoms with Crippen molar-refractivity contribution in [1.29, 1.82) is 0 Å². The Morgan fingerprint density at radius 3 is 2.95 bits per heavy atom. The van der Waals surface area contributed by atoms with Crippen LogP contribution >= 0.6 is 0 Å². The second-order valence-electron chi connectivity index (χ2n) is 4.49. The largest absolute Gasteiger partial charge is 0.450 e. The summed E-state index contributed by atoms with van der Waals surface area (Å²) < 4.78 is 4.80. The molecule has 5 nitrogen and oxygen atoms in total. The second kappa shape index (κ2) is 5.73. The molecule has 0 bridgehead atoms. The minimum absolute atomic E-state index is 0.143. The summed E-state index contributed by atoms with van der Waals surface area (Å²) in [5.74, 6) is 0.143. The highest BCUT2D eigenvalue weighted by molar-refractivity contribution is 5.95. The first-order chi connectivity index (χ1) is 9.11. The average molecular weight is 262 g/mol.